The molecule has 4 aromatic rings. The highest BCUT2D eigenvalue weighted by atomic mass is 16.5. The van der Waals surface area contributed by atoms with Gasteiger partial charge in [0.15, 0.2) is 17.3 Å². The molecule has 4 aromatic carbocycles. The summed E-state index contributed by atoms with van der Waals surface area (Å²) in [6, 6.07) is 29.8. The molecule has 0 saturated heterocycles. The number of amides is 2. The van der Waals surface area contributed by atoms with Crippen LogP contribution in [0.3, 0.4) is 0 Å². The second-order valence-corrected chi connectivity index (χ2v) is 8.60. The van der Waals surface area contributed by atoms with Crippen LogP contribution in [0.4, 0.5) is 5.69 Å². The van der Waals surface area contributed by atoms with Gasteiger partial charge < -0.3 is 20.1 Å². The summed E-state index contributed by atoms with van der Waals surface area (Å²) in [5.74, 6) is -0.280. The largest absolute Gasteiger partial charge is 0.493 e. The van der Waals surface area contributed by atoms with Crippen molar-refractivity contribution >= 4 is 35.4 Å². The second-order valence-electron chi connectivity index (χ2n) is 8.60. The van der Waals surface area contributed by atoms with Crippen molar-refractivity contribution in [3.8, 4) is 11.5 Å². The van der Waals surface area contributed by atoms with Crippen molar-refractivity contribution < 1.29 is 23.9 Å². The summed E-state index contributed by atoms with van der Waals surface area (Å²) < 4.78 is 10.9. The molecule has 4 rings (SSSR count). The highest BCUT2D eigenvalue weighted by Gasteiger charge is 2.17. The van der Waals surface area contributed by atoms with Crippen molar-refractivity contribution in [1.82, 2.24) is 5.32 Å². The lowest BCUT2D eigenvalue weighted by Crippen LogP contribution is -2.30. The number of methoxy groups -OCH3 is 2. The average molecular weight is 533 g/mol. The van der Waals surface area contributed by atoms with E-state index in [4.69, 9.17) is 9.47 Å². The molecule has 0 atom stereocenters. The van der Waals surface area contributed by atoms with Crippen molar-refractivity contribution in [3.05, 3.63) is 137 Å². The Kier molecular flexibility index (Phi) is 9.24. The number of nitrogens with one attached hydrogen (secondary N) is 2. The van der Waals surface area contributed by atoms with Crippen molar-refractivity contribution in [1.29, 1.82) is 0 Å². The lowest BCUT2D eigenvalue weighted by Gasteiger charge is -2.14. The zero-order valence-electron chi connectivity index (χ0n) is 22.1. The second kappa shape index (κ2) is 13.4. The molecule has 0 aliphatic rings. The van der Waals surface area contributed by atoms with E-state index in [1.54, 1.807) is 78.9 Å². The fourth-order valence-electron chi connectivity index (χ4n) is 3.87. The molecule has 0 radical (unpaired) electrons. The molecule has 7 nitrogen and oxygen atoms in total. The molecule has 0 unspecified atom stereocenters. The normalized spacial score (nSPS) is 11.1. The molecule has 0 fully saturated rings. The molecular formula is C33H28N2O5. The molecule has 0 aromatic heterocycles. The third-order valence-corrected chi connectivity index (χ3v) is 5.92. The Morgan fingerprint density at radius 3 is 2.02 bits per heavy atom. The minimum atomic E-state index is -0.558. The minimum Gasteiger partial charge on any atom is -0.493 e. The van der Waals surface area contributed by atoms with Crippen molar-refractivity contribution in [2.24, 2.45) is 0 Å². The third kappa shape index (κ3) is 7.11. The number of allylic oxidation sites excluding steroid dienone is 1. The fourth-order valence-corrected chi connectivity index (χ4v) is 3.87. The first-order valence-corrected chi connectivity index (χ1v) is 12.5. The first-order valence-electron chi connectivity index (χ1n) is 12.5. The maximum atomic E-state index is 13.4. The van der Waals surface area contributed by atoms with Crippen LogP contribution in [0, 0.1) is 0 Å². The van der Waals surface area contributed by atoms with E-state index in [1.165, 1.54) is 26.4 Å². The van der Waals surface area contributed by atoms with E-state index in [1.807, 2.05) is 30.3 Å². The van der Waals surface area contributed by atoms with Gasteiger partial charge in [-0.25, -0.2) is 0 Å². The van der Waals surface area contributed by atoms with Crippen molar-refractivity contribution in [3.63, 3.8) is 0 Å². The number of rotatable bonds is 10. The van der Waals surface area contributed by atoms with E-state index in [2.05, 4.69) is 10.6 Å². The van der Waals surface area contributed by atoms with Gasteiger partial charge in [-0.2, -0.15) is 0 Å². The number of carbonyl (C=O) groups excluding carboxylic acids is 3. The predicted octanol–water partition coefficient (Wildman–Crippen LogP) is 6.01. The number of anilines is 1. The van der Waals surface area contributed by atoms with Gasteiger partial charge in [-0.3, -0.25) is 14.4 Å². The van der Waals surface area contributed by atoms with Crippen LogP contribution in [-0.2, 0) is 4.79 Å². The summed E-state index contributed by atoms with van der Waals surface area (Å²) in [7, 11) is 3.01. The van der Waals surface area contributed by atoms with E-state index in [0.717, 1.165) is 5.56 Å². The number of benzene rings is 4. The Morgan fingerprint density at radius 2 is 1.38 bits per heavy atom. The van der Waals surface area contributed by atoms with Crippen LogP contribution in [0.25, 0.3) is 12.2 Å². The van der Waals surface area contributed by atoms with E-state index in [0.29, 0.717) is 33.9 Å². The van der Waals surface area contributed by atoms with Gasteiger partial charge in [0.1, 0.15) is 5.70 Å². The molecular weight excluding hydrogens is 504 g/mol. The van der Waals surface area contributed by atoms with Gasteiger partial charge in [0.2, 0.25) is 0 Å². The summed E-state index contributed by atoms with van der Waals surface area (Å²) in [6.07, 6.45) is 4.77. The standard InChI is InChI=1S/C33H28N2O5/c1-39-30-15-9-14-26(31(30)40-2)22-28(35-32(37)25-12-7-4-8-13-25)33(38)34-27-19-17-24(18-20-27)29(36)21-16-23-10-5-3-6-11-23/h3-22H,1-2H3,(H,34,38)(H,35,37)/b21-16+,28-22-. The number of ether oxygens (including phenoxy) is 2. The fraction of sp³-hybridized carbons (Fsp3) is 0.0606. The molecule has 2 amide bonds. The van der Waals surface area contributed by atoms with Crippen molar-refractivity contribution in [2.75, 3.05) is 19.5 Å². The molecule has 200 valence electrons. The maximum Gasteiger partial charge on any atom is 0.272 e. The van der Waals surface area contributed by atoms with E-state index in [-0.39, 0.29) is 11.5 Å². The molecule has 0 aliphatic heterocycles. The Hall–Kier alpha value is -5.43. The number of hydrogen-bond donors (Lipinski definition) is 2. The Bertz CT molecular complexity index is 1540. The molecule has 2 N–H and O–H groups in total. The molecule has 7 heteroatoms. The third-order valence-electron chi connectivity index (χ3n) is 5.92. The van der Waals surface area contributed by atoms with Crippen LogP contribution in [-0.4, -0.2) is 31.8 Å². The van der Waals surface area contributed by atoms with Crippen LogP contribution in [0.1, 0.15) is 31.8 Å². The molecule has 0 aliphatic carbocycles. The van der Waals surface area contributed by atoms with Gasteiger partial charge in [0.25, 0.3) is 11.8 Å². The van der Waals surface area contributed by atoms with Crippen LogP contribution < -0.4 is 20.1 Å². The zero-order valence-corrected chi connectivity index (χ0v) is 22.1. The molecule has 40 heavy (non-hydrogen) atoms. The van der Waals surface area contributed by atoms with Gasteiger partial charge in [0, 0.05) is 22.4 Å². The summed E-state index contributed by atoms with van der Waals surface area (Å²) in [5, 5.41) is 5.49. The summed E-state index contributed by atoms with van der Waals surface area (Å²) in [5.41, 5.74) is 2.76. The lowest BCUT2D eigenvalue weighted by atomic mass is 10.1. The summed E-state index contributed by atoms with van der Waals surface area (Å²) >= 11 is 0. The predicted molar refractivity (Wildman–Crippen MR) is 156 cm³/mol. The SMILES string of the molecule is COc1cccc(/C=C(\NC(=O)c2ccccc2)C(=O)Nc2ccc(C(=O)/C=C/c3ccccc3)cc2)c1OC. The number of carbonyl (C=O) groups is 3. The molecule has 0 spiro atoms. The highest BCUT2D eigenvalue weighted by molar-refractivity contribution is 6.11. The molecule has 0 heterocycles. The van der Waals surface area contributed by atoms with E-state index >= 15 is 0 Å². The Morgan fingerprint density at radius 1 is 0.700 bits per heavy atom. The number of para-hydroxylation sites is 1. The topological polar surface area (TPSA) is 93.7 Å². The van der Waals surface area contributed by atoms with Crippen LogP contribution in [0.2, 0.25) is 0 Å². The van der Waals surface area contributed by atoms with Gasteiger partial charge in [0.05, 0.1) is 14.2 Å². The van der Waals surface area contributed by atoms with Gasteiger partial charge >= 0.3 is 0 Å². The smallest absolute Gasteiger partial charge is 0.272 e. The van der Waals surface area contributed by atoms with Gasteiger partial charge in [-0.1, -0.05) is 66.7 Å². The number of hydrogen-bond acceptors (Lipinski definition) is 5. The summed E-state index contributed by atoms with van der Waals surface area (Å²) in [6.45, 7) is 0. The lowest BCUT2D eigenvalue weighted by molar-refractivity contribution is -0.113. The first kappa shape index (κ1) is 27.6. The highest BCUT2D eigenvalue weighted by Crippen LogP contribution is 2.32. The van der Waals surface area contributed by atoms with Crippen LogP contribution >= 0.6 is 0 Å². The van der Waals surface area contributed by atoms with E-state index in [9.17, 15) is 14.4 Å². The molecule has 0 saturated carbocycles. The van der Waals surface area contributed by atoms with Gasteiger partial charge in [-0.15, -0.1) is 0 Å². The first-order chi connectivity index (χ1) is 19.5. The van der Waals surface area contributed by atoms with E-state index < -0.39 is 11.8 Å². The summed E-state index contributed by atoms with van der Waals surface area (Å²) in [4.78, 5) is 38.9. The van der Waals surface area contributed by atoms with Gasteiger partial charge in [-0.05, 0) is 60.2 Å². The van der Waals surface area contributed by atoms with Crippen LogP contribution in [0.5, 0.6) is 11.5 Å². The Labute approximate surface area is 232 Å². The minimum absolute atomic E-state index is 0.00801. The maximum absolute atomic E-state index is 13.4. The number of ketones is 1. The quantitative estimate of drug-likeness (QED) is 0.193. The van der Waals surface area contributed by atoms with Crippen molar-refractivity contribution in [2.45, 2.75) is 0 Å². The average Bonchev–Trinajstić information content (AvgIpc) is 3.00. The van der Waals surface area contributed by atoms with Crippen LogP contribution in [0.15, 0.2) is 115 Å². The zero-order chi connectivity index (χ0) is 28.3. The monoisotopic (exact) mass is 532 g/mol. The Balaban J connectivity index is 1.56. The molecule has 0 bridgehead atoms.